The number of alkyl halides is 3. The normalized spacial score (nSPS) is 17.4. The Morgan fingerprint density at radius 1 is 1.03 bits per heavy atom. The van der Waals surface area contributed by atoms with Gasteiger partial charge in [-0.3, -0.25) is 9.78 Å². The van der Waals surface area contributed by atoms with Crippen molar-refractivity contribution in [3.05, 3.63) is 77.6 Å². The van der Waals surface area contributed by atoms with Gasteiger partial charge in [0.25, 0.3) is 15.7 Å². The van der Waals surface area contributed by atoms with E-state index in [0.717, 1.165) is 17.0 Å². The molecule has 0 aliphatic carbocycles. The molecule has 4 rings (SSSR count). The van der Waals surface area contributed by atoms with Gasteiger partial charge in [-0.05, 0) is 42.0 Å². The summed E-state index contributed by atoms with van der Waals surface area (Å²) in [6, 6.07) is 10.4. The summed E-state index contributed by atoms with van der Waals surface area (Å²) in [6.07, 6.45) is 3.15. The Hall–Kier alpha value is -3.44. The minimum Gasteiger partial charge on any atom is -0.325 e. The van der Waals surface area contributed by atoms with Crippen molar-refractivity contribution < 1.29 is 31.2 Å². The number of benzene rings is 2. The van der Waals surface area contributed by atoms with E-state index in [1.807, 2.05) is 0 Å². The number of pyridine rings is 1. The zero-order valence-electron chi connectivity index (χ0n) is 18.0. The molecule has 1 N–H and O–H groups in total. The minimum absolute atomic E-state index is 0.0654. The number of aromatic nitrogens is 1. The number of nitrogens with zero attached hydrogens (tertiary/aromatic N) is 2. The van der Waals surface area contributed by atoms with Gasteiger partial charge in [0.05, 0.1) is 10.6 Å². The molecule has 3 amide bonds. The third-order valence-corrected chi connectivity index (χ3v) is 7.52. The van der Waals surface area contributed by atoms with E-state index >= 15 is 0 Å². The van der Waals surface area contributed by atoms with Crippen molar-refractivity contribution in [2.24, 2.45) is 0 Å². The quantitative estimate of drug-likeness (QED) is 0.479. The lowest BCUT2D eigenvalue weighted by Gasteiger charge is -2.21. The zero-order valence-corrected chi connectivity index (χ0v) is 19.5. The highest BCUT2D eigenvalue weighted by molar-refractivity contribution is 7.92. The van der Waals surface area contributed by atoms with E-state index < -0.39 is 44.1 Å². The number of hydrogen-bond donors (Lipinski definition) is 1. The Bertz CT molecular complexity index is 1410. The van der Waals surface area contributed by atoms with Crippen LogP contribution in [0.25, 0.3) is 11.1 Å². The first-order valence-corrected chi connectivity index (χ1v) is 12.0. The Morgan fingerprint density at radius 2 is 1.69 bits per heavy atom. The van der Waals surface area contributed by atoms with Crippen LogP contribution in [-0.2, 0) is 14.6 Å². The van der Waals surface area contributed by atoms with Crippen LogP contribution in [0.1, 0.15) is 18.4 Å². The van der Waals surface area contributed by atoms with E-state index in [1.165, 1.54) is 0 Å². The molecule has 1 aliphatic rings. The molecule has 1 aromatic heterocycles. The largest absolute Gasteiger partial charge is 0.501 e. The molecule has 2 atom stereocenters. The summed E-state index contributed by atoms with van der Waals surface area (Å²) in [4.78, 5) is 29.7. The average molecular weight is 524 g/mol. The van der Waals surface area contributed by atoms with Crippen LogP contribution in [0.5, 0.6) is 0 Å². The topological polar surface area (TPSA) is 96.4 Å². The van der Waals surface area contributed by atoms with Crippen LogP contribution < -0.4 is 10.2 Å². The van der Waals surface area contributed by atoms with Crippen LogP contribution in [0.15, 0.2) is 71.9 Å². The number of rotatable bonds is 5. The van der Waals surface area contributed by atoms with Gasteiger partial charge in [-0.15, -0.1) is 0 Å². The second-order valence-electron chi connectivity index (χ2n) is 7.78. The number of halogens is 4. The summed E-state index contributed by atoms with van der Waals surface area (Å²) >= 11 is 6.34. The molecule has 1 saturated heterocycles. The first-order valence-electron chi connectivity index (χ1n) is 10.2. The van der Waals surface area contributed by atoms with Gasteiger partial charge < -0.3 is 5.32 Å². The zero-order chi connectivity index (χ0) is 25.5. The predicted octanol–water partition coefficient (Wildman–Crippen LogP) is 4.92. The number of amides is 3. The highest BCUT2D eigenvalue weighted by Crippen LogP contribution is 2.37. The van der Waals surface area contributed by atoms with Gasteiger partial charge in [-0.25, -0.2) is 18.1 Å². The summed E-state index contributed by atoms with van der Waals surface area (Å²) in [5.41, 5.74) is -3.48. The van der Waals surface area contributed by atoms with Crippen molar-refractivity contribution >= 4 is 39.1 Å². The van der Waals surface area contributed by atoms with Crippen molar-refractivity contribution in [1.29, 1.82) is 0 Å². The number of urea groups is 1. The molecule has 12 heteroatoms. The van der Waals surface area contributed by atoms with Crippen LogP contribution in [0.2, 0.25) is 5.02 Å². The maximum atomic E-state index is 13.2. The van der Waals surface area contributed by atoms with Crippen molar-refractivity contribution in [3.63, 3.8) is 0 Å². The molecule has 0 saturated carbocycles. The number of sulfone groups is 1. The molecular weight excluding hydrogens is 507 g/mol. The molecule has 3 aromatic rings. The highest BCUT2D eigenvalue weighted by Gasteiger charge is 2.47. The highest BCUT2D eigenvalue weighted by atomic mass is 35.5. The second-order valence-corrected chi connectivity index (χ2v) is 10.1. The van der Waals surface area contributed by atoms with Crippen molar-refractivity contribution in [2.45, 2.75) is 29.3 Å². The minimum atomic E-state index is -5.56. The van der Waals surface area contributed by atoms with Crippen LogP contribution >= 0.6 is 11.6 Å². The van der Waals surface area contributed by atoms with E-state index in [9.17, 15) is 31.2 Å². The van der Waals surface area contributed by atoms with E-state index in [2.05, 4.69) is 10.3 Å². The fourth-order valence-corrected chi connectivity index (χ4v) is 4.88. The fourth-order valence-electron chi connectivity index (χ4n) is 3.88. The number of hydrogen-bond acceptors (Lipinski definition) is 5. The Morgan fingerprint density at radius 3 is 2.31 bits per heavy atom. The third kappa shape index (κ3) is 4.37. The van der Waals surface area contributed by atoms with Crippen molar-refractivity contribution in [3.8, 4) is 11.1 Å². The van der Waals surface area contributed by atoms with Gasteiger partial charge in [-0.2, -0.15) is 13.2 Å². The second kappa shape index (κ2) is 8.97. The summed E-state index contributed by atoms with van der Waals surface area (Å²) in [5.74, 6) is -1.17. The molecule has 0 bridgehead atoms. The molecule has 1 fully saturated rings. The van der Waals surface area contributed by atoms with E-state index in [1.54, 1.807) is 49.6 Å². The molecule has 1 aliphatic heterocycles. The van der Waals surface area contributed by atoms with Gasteiger partial charge in [-0.1, -0.05) is 36.7 Å². The molecule has 7 nitrogen and oxygen atoms in total. The molecule has 2 heterocycles. The molecule has 0 spiro atoms. The van der Waals surface area contributed by atoms with Crippen LogP contribution in [0.3, 0.4) is 0 Å². The Kier molecular flexibility index (Phi) is 6.32. The SMILES string of the molecule is CC(c1ccncc1-c1ccccc1Cl)C1NC(=O)N(c2ccc(S(=O)(=O)C(F)(F)F)cc2)C1=O. The number of anilines is 1. The first-order chi connectivity index (χ1) is 16.4. The summed E-state index contributed by atoms with van der Waals surface area (Å²) in [5, 5.41) is 3.08. The van der Waals surface area contributed by atoms with E-state index in [4.69, 9.17) is 11.6 Å². The van der Waals surface area contributed by atoms with Crippen molar-refractivity contribution in [2.75, 3.05) is 4.90 Å². The standard InChI is InChI=1S/C23H17ClF3N3O4S/c1-13(16-10-11-28-12-18(16)17-4-2-3-5-19(17)24)20-21(31)30(22(32)29-20)14-6-8-15(9-7-14)35(33,34)23(25,26)27/h2-13,20H,1H3,(H,29,32). The van der Waals surface area contributed by atoms with Gasteiger partial charge in [0.1, 0.15) is 6.04 Å². The monoisotopic (exact) mass is 523 g/mol. The number of imide groups is 1. The molecule has 182 valence electrons. The first kappa shape index (κ1) is 24.7. The lowest BCUT2D eigenvalue weighted by Crippen LogP contribution is -2.35. The van der Waals surface area contributed by atoms with Gasteiger partial charge in [0, 0.05) is 34.5 Å². The van der Waals surface area contributed by atoms with E-state index in [-0.39, 0.29) is 5.69 Å². The molecule has 0 radical (unpaired) electrons. The Balaban J connectivity index is 1.64. The number of carbonyl (C=O) groups is 2. The van der Waals surface area contributed by atoms with E-state index in [0.29, 0.717) is 33.8 Å². The van der Waals surface area contributed by atoms with Crippen LogP contribution in [-0.4, -0.2) is 36.9 Å². The predicted molar refractivity (Wildman–Crippen MR) is 123 cm³/mol. The number of carbonyl (C=O) groups excluding carboxylic acids is 2. The summed E-state index contributed by atoms with van der Waals surface area (Å²) < 4.78 is 61.6. The maximum absolute atomic E-state index is 13.2. The fraction of sp³-hybridized carbons (Fsp3) is 0.174. The van der Waals surface area contributed by atoms with Crippen molar-refractivity contribution in [1.82, 2.24) is 10.3 Å². The van der Waals surface area contributed by atoms with Gasteiger partial charge in [0.2, 0.25) is 0 Å². The lowest BCUT2D eigenvalue weighted by atomic mass is 9.88. The van der Waals surface area contributed by atoms with Gasteiger partial charge >= 0.3 is 11.5 Å². The lowest BCUT2D eigenvalue weighted by molar-refractivity contribution is -0.118. The van der Waals surface area contributed by atoms with Crippen LogP contribution in [0.4, 0.5) is 23.7 Å². The summed E-state index contributed by atoms with van der Waals surface area (Å²) in [7, 11) is -5.56. The number of nitrogens with one attached hydrogen (secondary N) is 1. The van der Waals surface area contributed by atoms with Crippen LogP contribution in [0, 0.1) is 0 Å². The molecule has 2 aromatic carbocycles. The maximum Gasteiger partial charge on any atom is 0.501 e. The summed E-state index contributed by atoms with van der Waals surface area (Å²) in [6.45, 7) is 1.74. The third-order valence-electron chi connectivity index (χ3n) is 5.69. The average Bonchev–Trinajstić information content (AvgIpc) is 3.12. The van der Waals surface area contributed by atoms with Gasteiger partial charge in [0.15, 0.2) is 0 Å². The molecule has 2 unspecified atom stereocenters. The smallest absolute Gasteiger partial charge is 0.325 e. The molecular formula is C23H17ClF3N3O4S. The molecule has 35 heavy (non-hydrogen) atoms. The Labute approximate surface area is 203 Å².